The first kappa shape index (κ1) is 18.7. The van der Waals surface area contributed by atoms with E-state index < -0.39 is 0 Å². The maximum Gasteiger partial charge on any atom is 0.338 e. The predicted molar refractivity (Wildman–Crippen MR) is 101 cm³/mol. The van der Waals surface area contributed by atoms with E-state index in [0.717, 1.165) is 34.3 Å². The second kappa shape index (κ2) is 8.48. The summed E-state index contributed by atoms with van der Waals surface area (Å²) in [6, 6.07) is 5.33. The van der Waals surface area contributed by atoms with Gasteiger partial charge < -0.3 is 20.1 Å². The monoisotopic (exact) mass is 412 g/mol. The molecule has 0 radical (unpaired) electrons. The van der Waals surface area contributed by atoms with E-state index in [2.05, 4.69) is 33.5 Å². The second-order valence-corrected chi connectivity index (χ2v) is 6.55. The number of thiocarbonyl (C=S) groups is 1. The van der Waals surface area contributed by atoms with Gasteiger partial charge in [0.25, 0.3) is 0 Å². The van der Waals surface area contributed by atoms with Crippen molar-refractivity contribution in [3.63, 3.8) is 0 Å². The zero-order valence-electron chi connectivity index (χ0n) is 13.9. The molecule has 1 aromatic carbocycles. The van der Waals surface area contributed by atoms with Gasteiger partial charge in [-0.05, 0) is 59.2 Å². The molecule has 0 unspecified atom stereocenters. The van der Waals surface area contributed by atoms with Crippen LogP contribution in [-0.4, -0.2) is 24.8 Å². The molecule has 0 aliphatic carbocycles. The minimum atomic E-state index is -0.360. The number of rotatable bonds is 6. The third-order valence-corrected chi connectivity index (χ3v) is 4.50. The zero-order valence-corrected chi connectivity index (χ0v) is 16.3. The summed E-state index contributed by atoms with van der Waals surface area (Å²) in [5.74, 6) is 0.395. The molecule has 5 nitrogen and oxygen atoms in total. The Hall–Kier alpha value is -1.60. The van der Waals surface area contributed by atoms with Crippen molar-refractivity contribution in [2.24, 2.45) is 0 Å². The summed E-state index contributed by atoms with van der Waals surface area (Å²) in [5.41, 5.74) is 2.30. The number of halogens is 1. The van der Waals surface area contributed by atoms with Gasteiger partial charge >= 0.3 is 5.97 Å². The van der Waals surface area contributed by atoms with Gasteiger partial charge in [-0.15, -0.1) is 0 Å². The maximum absolute atomic E-state index is 12.5. The SMILES string of the molecule is CCCC1=C(C(=O)OCC)[C@H](c2ccc(OC)c(Br)c2)NC(=S)N1. The van der Waals surface area contributed by atoms with E-state index in [-0.39, 0.29) is 12.0 Å². The molecule has 2 rings (SSSR count). The number of carbonyl (C=O) groups is 1. The number of nitrogens with one attached hydrogen (secondary N) is 2. The minimum Gasteiger partial charge on any atom is -0.496 e. The first-order valence-electron chi connectivity index (χ1n) is 7.82. The fraction of sp³-hybridized carbons (Fsp3) is 0.412. The largest absolute Gasteiger partial charge is 0.496 e. The van der Waals surface area contributed by atoms with E-state index >= 15 is 0 Å². The van der Waals surface area contributed by atoms with Crippen molar-refractivity contribution in [1.82, 2.24) is 10.6 Å². The van der Waals surface area contributed by atoms with Gasteiger partial charge in [0.05, 0.1) is 29.8 Å². The zero-order chi connectivity index (χ0) is 17.7. The van der Waals surface area contributed by atoms with E-state index in [1.165, 1.54) is 0 Å². The number of carbonyl (C=O) groups excluding carboxylic acids is 1. The van der Waals surface area contributed by atoms with Crippen molar-refractivity contribution in [1.29, 1.82) is 0 Å². The van der Waals surface area contributed by atoms with Crippen molar-refractivity contribution in [3.8, 4) is 5.75 Å². The van der Waals surface area contributed by atoms with Crippen LogP contribution in [0, 0.1) is 0 Å². The van der Waals surface area contributed by atoms with Gasteiger partial charge in [-0.3, -0.25) is 0 Å². The van der Waals surface area contributed by atoms with Gasteiger partial charge in [0.15, 0.2) is 5.11 Å². The molecule has 1 aliphatic rings. The summed E-state index contributed by atoms with van der Waals surface area (Å²) < 4.78 is 11.3. The fourth-order valence-corrected chi connectivity index (χ4v) is 3.43. The van der Waals surface area contributed by atoms with Crippen LogP contribution in [0.5, 0.6) is 5.75 Å². The number of benzene rings is 1. The highest BCUT2D eigenvalue weighted by Gasteiger charge is 2.32. The molecule has 1 atom stereocenters. The van der Waals surface area contributed by atoms with Crippen LogP contribution in [0.15, 0.2) is 33.9 Å². The molecule has 0 saturated carbocycles. The highest BCUT2D eigenvalue weighted by atomic mass is 79.9. The molecule has 130 valence electrons. The average molecular weight is 413 g/mol. The van der Waals surface area contributed by atoms with Gasteiger partial charge in [-0.1, -0.05) is 19.4 Å². The van der Waals surface area contributed by atoms with Gasteiger partial charge in [0, 0.05) is 5.70 Å². The number of ether oxygens (including phenoxy) is 2. The Kier molecular flexibility index (Phi) is 6.62. The number of esters is 1. The van der Waals surface area contributed by atoms with Crippen LogP contribution in [0.3, 0.4) is 0 Å². The molecule has 1 aliphatic heterocycles. The van der Waals surface area contributed by atoms with E-state index in [9.17, 15) is 4.79 Å². The molecule has 0 bridgehead atoms. The topological polar surface area (TPSA) is 59.6 Å². The Morgan fingerprint density at radius 1 is 1.38 bits per heavy atom. The van der Waals surface area contributed by atoms with Crippen LogP contribution in [-0.2, 0) is 9.53 Å². The Balaban J connectivity index is 2.50. The first-order valence-corrected chi connectivity index (χ1v) is 9.03. The smallest absolute Gasteiger partial charge is 0.338 e. The van der Waals surface area contributed by atoms with Crippen molar-refractivity contribution < 1.29 is 14.3 Å². The number of hydrogen-bond acceptors (Lipinski definition) is 4. The highest BCUT2D eigenvalue weighted by Crippen LogP contribution is 2.33. The van der Waals surface area contributed by atoms with Crippen LogP contribution in [0.25, 0.3) is 0 Å². The summed E-state index contributed by atoms with van der Waals surface area (Å²) in [7, 11) is 1.61. The lowest BCUT2D eigenvalue weighted by Gasteiger charge is -2.31. The third-order valence-electron chi connectivity index (χ3n) is 3.66. The normalized spacial score (nSPS) is 17.2. The van der Waals surface area contributed by atoms with E-state index in [0.29, 0.717) is 17.3 Å². The molecular formula is C17H21BrN2O3S. The lowest BCUT2D eigenvalue weighted by Crippen LogP contribution is -2.45. The molecule has 0 amide bonds. The highest BCUT2D eigenvalue weighted by molar-refractivity contribution is 9.10. The quantitative estimate of drug-likeness (QED) is 0.549. The van der Waals surface area contributed by atoms with Crippen LogP contribution >= 0.6 is 28.1 Å². The van der Waals surface area contributed by atoms with Crippen LogP contribution in [0.1, 0.15) is 38.3 Å². The van der Waals surface area contributed by atoms with Gasteiger partial charge in [0.1, 0.15) is 5.75 Å². The Morgan fingerprint density at radius 2 is 2.12 bits per heavy atom. The lowest BCUT2D eigenvalue weighted by atomic mass is 9.94. The van der Waals surface area contributed by atoms with E-state index in [1.54, 1.807) is 14.0 Å². The van der Waals surface area contributed by atoms with Gasteiger partial charge in [0.2, 0.25) is 0 Å². The Labute approximate surface area is 155 Å². The molecule has 2 N–H and O–H groups in total. The fourth-order valence-electron chi connectivity index (χ4n) is 2.63. The molecule has 7 heteroatoms. The molecule has 1 aromatic rings. The minimum absolute atomic E-state index is 0.325. The summed E-state index contributed by atoms with van der Waals surface area (Å²) in [6.07, 6.45) is 1.62. The summed E-state index contributed by atoms with van der Waals surface area (Å²) in [5, 5.41) is 6.78. The summed E-state index contributed by atoms with van der Waals surface area (Å²) >= 11 is 8.80. The number of hydrogen-bond donors (Lipinski definition) is 2. The Morgan fingerprint density at radius 3 is 2.71 bits per heavy atom. The second-order valence-electron chi connectivity index (χ2n) is 5.29. The lowest BCUT2D eigenvalue weighted by molar-refractivity contribution is -0.139. The number of allylic oxidation sites excluding steroid dienone is 1. The molecule has 24 heavy (non-hydrogen) atoms. The third kappa shape index (κ3) is 4.08. The van der Waals surface area contributed by atoms with Crippen molar-refractivity contribution in [3.05, 3.63) is 39.5 Å². The van der Waals surface area contributed by atoms with Crippen molar-refractivity contribution in [2.45, 2.75) is 32.7 Å². The van der Waals surface area contributed by atoms with Gasteiger partial charge in [-0.25, -0.2) is 4.79 Å². The molecule has 0 spiro atoms. The predicted octanol–water partition coefficient (Wildman–Crippen LogP) is 3.59. The van der Waals surface area contributed by atoms with Crippen LogP contribution < -0.4 is 15.4 Å². The molecule has 0 saturated heterocycles. The summed E-state index contributed by atoms with van der Waals surface area (Å²) in [6.45, 7) is 4.18. The first-order chi connectivity index (χ1) is 11.5. The number of methoxy groups -OCH3 is 1. The average Bonchev–Trinajstić information content (AvgIpc) is 2.54. The van der Waals surface area contributed by atoms with Gasteiger partial charge in [-0.2, -0.15) is 0 Å². The molecule has 0 fully saturated rings. The molecule has 0 aromatic heterocycles. The standard InChI is InChI=1S/C17H21BrN2O3S/c1-4-6-12-14(16(21)23-5-2)15(20-17(24)19-12)10-7-8-13(22-3)11(18)9-10/h7-9,15H,4-6H2,1-3H3,(H2,19,20,24)/t15-/m0/s1. The summed E-state index contributed by atoms with van der Waals surface area (Å²) in [4.78, 5) is 12.5. The van der Waals surface area contributed by atoms with E-state index in [1.807, 2.05) is 18.2 Å². The van der Waals surface area contributed by atoms with E-state index in [4.69, 9.17) is 21.7 Å². The molecular weight excluding hydrogens is 392 g/mol. The van der Waals surface area contributed by atoms with Crippen LogP contribution in [0.2, 0.25) is 0 Å². The Bertz CT molecular complexity index is 676. The van der Waals surface area contributed by atoms with Crippen molar-refractivity contribution >= 4 is 39.2 Å². The van der Waals surface area contributed by atoms with Crippen LogP contribution in [0.4, 0.5) is 0 Å². The molecule has 1 heterocycles. The van der Waals surface area contributed by atoms with Crippen molar-refractivity contribution in [2.75, 3.05) is 13.7 Å². The maximum atomic E-state index is 12.5.